The number of hydrogen-bond acceptors (Lipinski definition) is 6. The third kappa shape index (κ3) is 4.06. The van der Waals surface area contributed by atoms with E-state index in [2.05, 4.69) is 10.3 Å². The fourth-order valence-electron chi connectivity index (χ4n) is 2.32. The molecular weight excluding hydrogens is 288 g/mol. The second kappa shape index (κ2) is 6.17. The number of rotatable bonds is 3. The predicted octanol–water partition coefficient (Wildman–Crippen LogP) is 2.09. The van der Waals surface area contributed by atoms with Gasteiger partial charge in [0.05, 0.1) is 11.0 Å². The topological polar surface area (TPSA) is 97.6 Å². The lowest BCUT2D eigenvalue weighted by atomic mass is 10.2. The fourth-order valence-corrected chi connectivity index (χ4v) is 2.32. The minimum absolute atomic E-state index is 0.0274. The van der Waals surface area contributed by atoms with Gasteiger partial charge in [0.15, 0.2) is 0 Å². The van der Waals surface area contributed by atoms with Crippen LogP contribution < -0.4 is 10.2 Å². The Bertz CT molecular complexity index is 570. The molecule has 1 aromatic rings. The van der Waals surface area contributed by atoms with Crippen molar-refractivity contribution < 1.29 is 14.5 Å². The molecule has 22 heavy (non-hydrogen) atoms. The van der Waals surface area contributed by atoms with Crippen molar-refractivity contribution in [3.8, 4) is 0 Å². The lowest BCUT2D eigenvalue weighted by molar-refractivity contribution is -0.384. The Balaban J connectivity index is 1.99. The Morgan fingerprint density at radius 1 is 1.55 bits per heavy atom. The van der Waals surface area contributed by atoms with E-state index in [1.54, 1.807) is 25.7 Å². The average Bonchev–Trinajstić information content (AvgIpc) is 2.84. The maximum atomic E-state index is 11.8. The molecule has 2 rings (SSSR count). The van der Waals surface area contributed by atoms with Crippen molar-refractivity contribution in [1.29, 1.82) is 0 Å². The minimum Gasteiger partial charge on any atom is -0.444 e. The summed E-state index contributed by atoms with van der Waals surface area (Å²) in [7, 11) is 0. The van der Waals surface area contributed by atoms with Gasteiger partial charge >= 0.3 is 11.8 Å². The summed E-state index contributed by atoms with van der Waals surface area (Å²) in [4.78, 5) is 28.3. The summed E-state index contributed by atoms with van der Waals surface area (Å²) in [6.45, 7) is 6.45. The van der Waals surface area contributed by atoms with E-state index < -0.39 is 16.6 Å². The van der Waals surface area contributed by atoms with Crippen LogP contribution in [0.4, 0.5) is 16.3 Å². The van der Waals surface area contributed by atoms with Crippen molar-refractivity contribution in [2.24, 2.45) is 0 Å². The number of nitrogens with zero attached hydrogens (tertiary/aromatic N) is 3. The molecule has 1 N–H and O–H groups in total. The maximum absolute atomic E-state index is 11.8. The quantitative estimate of drug-likeness (QED) is 0.678. The van der Waals surface area contributed by atoms with Crippen molar-refractivity contribution >= 4 is 17.6 Å². The molecule has 0 saturated carbocycles. The summed E-state index contributed by atoms with van der Waals surface area (Å²) >= 11 is 0. The molecule has 2 heterocycles. The second-order valence-corrected chi connectivity index (χ2v) is 6.18. The highest BCUT2D eigenvalue weighted by Crippen LogP contribution is 2.27. The maximum Gasteiger partial charge on any atom is 0.407 e. The van der Waals surface area contributed by atoms with Gasteiger partial charge in [-0.15, -0.1) is 0 Å². The number of alkyl carbamates (subject to hydrolysis) is 1. The summed E-state index contributed by atoms with van der Waals surface area (Å²) in [6.07, 6.45) is 1.74. The molecule has 1 atom stereocenters. The molecule has 1 aliphatic heterocycles. The zero-order chi connectivity index (χ0) is 16.3. The molecule has 0 aromatic carbocycles. The number of nitrogens with one attached hydrogen (secondary N) is 1. The van der Waals surface area contributed by atoms with Crippen LogP contribution in [0.5, 0.6) is 0 Å². The third-order valence-electron chi connectivity index (χ3n) is 3.17. The zero-order valence-corrected chi connectivity index (χ0v) is 12.9. The highest BCUT2D eigenvalue weighted by molar-refractivity contribution is 5.68. The van der Waals surface area contributed by atoms with Crippen molar-refractivity contribution in [2.45, 2.75) is 38.8 Å². The van der Waals surface area contributed by atoms with Crippen molar-refractivity contribution in [3.63, 3.8) is 0 Å². The first kappa shape index (κ1) is 16.0. The van der Waals surface area contributed by atoms with Crippen LogP contribution >= 0.6 is 0 Å². The molecule has 8 nitrogen and oxygen atoms in total. The number of nitro groups is 1. The average molecular weight is 308 g/mol. The van der Waals surface area contributed by atoms with Crippen LogP contribution in [-0.2, 0) is 4.74 Å². The molecule has 1 aliphatic rings. The number of ether oxygens (including phenoxy) is 1. The van der Waals surface area contributed by atoms with Crippen LogP contribution in [0.3, 0.4) is 0 Å². The summed E-state index contributed by atoms with van der Waals surface area (Å²) in [5, 5.41) is 13.8. The van der Waals surface area contributed by atoms with Crippen LogP contribution in [0.2, 0.25) is 0 Å². The molecular formula is C14H20N4O4. The minimum atomic E-state index is -0.553. The van der Waals surface area contributed by atoms with E-state index in [9.17, 15) is 14.9 Å². The van der Waals surface area contributed by atoms with Gasteiger partial charge in [-0.1, -0.05) is 0 Å². The van der Waals surface area contributed by atoms with Gasteiger partial charge in [0.1, 0.15) is 5.60 Å². The molecule has 1 fully saturated rings. The molecule has 0 radical (unpaired) electrons. The Kier molecular flexibility index (Phi) is 4.48. The number of hydrogen-bond donors (Lipinski definition) is 1. The van der Waals surface area contributed by atoms with Gasteiger partial charge < -0.3 is 15.0 Å². The Labute approximate surface area is 128 Å². The Morgan fingerprint density at radius 3 is 2.91 bits per heavy atom. The van der Waals surface area contributed by atoms with Crippen LogP contribution in [-0.4, -0.2) is 40.7 Å². The van der Waals surface area contributed by atoms with Crippen LogP contribution in [0.1, 0.15) is 27.2 Å². The summed E-state index contributed by atoms with van der Waals surface area (Å²) in [5.41, 5.74) is -0.581. The second-order valence-electron chi connectivity index (χ2n) is 6.18. The van der Waals surface area contributed by atoms with Gasteiger partial charge in [0, 0.05) is 25.4 Å². The van der Waals surface area contributed by atoms with E-state index in [1.807, 2.05) is 0 Å². The molecule has 8 heteroatoms. The van der Waals surface area contributed by atoms with E-state index in [1.165, 1.54) is 18.3 Å². The monoisotopic (exact) mass is 308 g/mol. The number of anilines is 1. The van der Waals surface area contributed by atoms with E-state index >= 15 is 0 Å². The molecule has 1 saturated heterocycles. The van der Waals surface area contributed by atoms with Gasteiger partial charge in [0.25, 0.3) is 0 Å². The molecule has 120 valence electrons. The van der Waals surface area contributed by atoms with E-state index in [0.717, 1.165) is 0 Å². The normalized spacial score (nSPS) is 18.1. The summed E-state index contributed by atoms with van der Waals surface area (Å²) in [6, 6.07) is 2.85. The molecule has 0 unspecified atom stereocenters. The predicted molar refractivity (Wildman–Crippen MR) is 80.9 cm³/mol. The first-order chi connectivity index (χ1) is 10.3. The van der Waals surface area contributed by atoms with Gasteiger partial charge in [-0.2, -0.15) is 0 Å². The lowest BCUT2D eigenvalue weighted by Gasteiger charge is -2.22. The highest BCUT2D eigenvalue weighted by Gasteiger charge is 2.30. The summed E-state index contributed by atoms with van der Waals surface area (Å²) in [5.74, 6) is 0.334. The number of carbonyl (C=O) groups is 1. The first-order valence-corrected chi connectivity index (χ1v) is 7.10. The van der Waals surface area contributed by atoms with Crippen LogP contribution in [0, 0.1) is 10.1 Å². The SMILES string of the molecule is CC(C)(C)OC(=O)N[C@H]1CCN(c2ncccc2[N+](=O)[O-])C1. The summed E-state index contributed by atoms with van der Waals surface area (Å²) < 4.78 is 5.21. The first-order valence-electron chi connectivity index (χ1n) is 7.10. The largest absolute Gasteiger partial charge is 0.444 e. The van der Waals surface area contributed by atoms with E-state index in [4.69, 9.17) is 4.74 Å². The lowest BCUT2D eigenvalue weighted by Crippen LogP contribution is -2.40. The molecule has 0 bridgehead atoms. The van der Waals surface area contributed by atoms with Crippen molar-refractivity contribution in [1.82, 2.24) is 10.3 Å². The van der Waals surface area contributed by atoms with E-state index in [0.29, 0.717) is 25.3 Å². The smallest absolute Gasteiger partial charge is 0.407 e. The van der Waals surface area contributed by atoms with Gasteiger partial charge in [-0.05, 0) is 33.3 Å². The van der Waals surface area contributed by atoms with Crippen molar-refractivity contribution in [3.05, 3.63) is 28.4 Å². The number of amides is 1. The molecule has 0 aliphatic carbocycles. The molecule has 1 amide bonds. The number of aromatic nitrogens is 1. The molecule has 1 aromatic heterocycles. The van der Waals surface area contributed by atoms with Crippen LogP contribution in [0.15, 0.2) is 18.3 Å². The molecule has 0 spiro atoms. The Hall–Kier alpha value is -2.38. The highest BCUT2D eigenvalue weighted by atomic mass is 16.6. The van der Waals surface area contributed by atoms with E-state index in [-0.39, 0.29) is 11.7 Å². The number of pyridine rings is 1. The standard InChI is InChI=1S/C14H20N4O4/c1-14(2,3)22-13(19)16-10-6-8-17(9-10)12-11(18(20)21)5-4-7-15-12/h4-5,7,10H,6,8-9H2,1-3H3,(H,16,19)/t10-/m0/s1. The van der Waals surface area contributed by atoms with Gasteiger partial charge in [0.2, 0.25) is 5.82 Å². The fraction of sp³-hybridized carbons (Fsp3) is 0.571. The van der Waals surface area contributed by atoms with Crippen LogP contribution in [0.25, 0.3) is 0 Å². The third-order valence-corrected chi connectivity index (χ3v) is 3.17. The van der Waals surface area contributed by atoms with Crippen molar-refractivity contribution in [2.75, 3.05) is 18.0 Å². The number of carbonyl (C=O) groups excluding carboxylic acids is 1. The zero-order valence-electron chi connectivity index (χ0n) is 12.9. The van der Waals surface area contributed by atoms with Gasteiger partial charge in [-0.3, -0.25) is 10.1 Å². The van der Waals surface area contributed by atoms with Gasteiger partial charge in [-0.25, -0.2) is 9.78 Å². The Morgan fingerprint density at radius 2 is 2.27 bits per heavy atom.